The minimum Gasteiger partial charge on any atom is -0.350 e. The predicted octanol–water partition coefficient (Wildman–Crippen LogP) is 10.4. The number of rotatable bonds is 11. The summed E-state index contributed by atoms with van der Waals surface area (Å²) in [5, 5.41) is 5.81. The molecule has 2 unspecified atom stereocenters. The van der Waals surface area contributed by atoms with Gasteiger partial charge in [0.1, 0.15) is 0 Å². The number of nitrogens with one attached hydrogen (secondary N) is 1. The highest BCUT2D eigenvalue weighted by Gasteiger charge is 2.22. The molecule has 1 amide bonds. The van der Waals surface area contributed by atoms with Crippen molar-refractivity contribution < 1.29 is 4.79 Å². The zero-order valence-corrected chi connectivity index (χ0v) is 27.2. The van der Waals surface area contributed by atoms with Crippen LogP contribution in [0.4, 0.5) is 0 Å². The van der Waals surface area contributed by atoms with Crippen LogP contribution >= 0.6 is 0 Å². The van der Waals surface area contributed by atoms with Crippen molar-refractivity contribution in [3.63, 3.8) is 0 Å². The fourth-order valence-electron chi connectivity index (χ4n) is 5.58. The van der Waals surface area contributed by atoms with Gasteiger partial charge in [0, 0.05) is 24.5 Å². The quantitative estimate of drug-likeness (QED) is 0.184. The summed E-state index contributed by atoms with van der Waals surface area (Å²) in [6.07, 6.45) is 13.2. The molecule has 3 heteroatoms. The molecule has 4 rings (SSSR count). The first kappa shape index (κ1) is 35.0. The Labute approximate surface area is 257 Å². The SMILES string of the molecule is C=CCCC/C(=C\C)C(C)NC(=O)C1CCCCC1.CC.CC(c1ccc2ccccc2c1)N(C)Cc1ccccc1. The molecule has 0 aromatic heterocycles. The maximum Gasteiger partial charge on any atom is 0.223 e. The normalized spacial score (nSPS) is 15.1. The fraction of sp³-hybridized carbons (Fsp3) is 0.462. The Kier molecular flexibility index (Phi) is 16.6. The van der Waals surface area contributed by atoms with E-state index in [9.17, 15) is 4.79 Å². The molecule has 1 fully saturated rings. The summed E-state index contributed by atoms with van der Waals surface area (Å²) in [6, 6.07) is 26.5. The summed E-state index contributed by atoms with van der Waals surface area (Å²) in [5.41, 5.74) is 4.06. The second-order valence-electron chi connectivity index (χ2n) is 11.3. The summed E-state index contributed by atoms with van der Waals surface area (Å²) in [7, 11) is 2.19. The molecule has 0 heterocycles. The summed E-state index contributed by atoms with van der Waals surface area (Å²) in [5.74, 6) is 0.512. The molecule has 0 spiro atoms. The Morgan fingerprint density at radius 1 is 0.952 bits per heavy atom. The lowest BCUT2D eigenvalue weighted by Crippen LogP contribution is -2.39. The summed E-state index contributed by atoms with van der Waals surface area (Å²) in [6.45, 7) is 15.1. The fourth-order valence-corrected chi connectivity index (χ4v) is 5.58. The van der Waals surface area contributed by atoms with Crippen LogP contribution in [0.25, 0.3) is 10.8 Å². The lowest BCUT2D eigenvalue weighted by Gasteiger charge is -2.25. The summed E-state index contributed by atoms with van der Waals surface area (Å²) >= 11 is 0. The number of unbranched alkanes of at least 4 members (excludes halogenated alkanes) is 1. The zero-order valence-electron chi connectivity index (χ0n) is 27.2. The Balaban J connectivity index is 0.000000279. The van der Waals surface area contributed by atoms with Gasteiger partial charge in [-0.1, -0.05) is 118 Å². The van der Waals surface area contributed by atoms with Gasteiger partial charge in [-0.25, -0.2) is 0 Å². The van der Waals surface area contributed by atoms with Crippen molar-refractivity contribution >= 4 is 16.7 Å². The minimum atomic E-state index is 0.171. The molecule has 3 aromatic carbocycles. The molecule has 42 heavy (non-hydrogen) atoms. The van der Waals surface area contributed by atoms with E-state index in [1.54, 1.807) is 0 Å². The first-order valence-electron chi connectivity index (χ1n) is 16.2. The minimum absolute atomic E-state index is 0.171. The molecule has 1 N–H and O–H groups in total. The van der Waals surface area contributed by atoms with Crippen LogP contribution in [0.15, 0.2) is 97.1 Å². The number of amides is 1. The highest BCUT2D eigenvalue weighted by atomic mass is 16.1. The number of carbonyl (C=O) groups excluding carboxylic acids is 1. The van der Waals surface area contributed by atoms with Crippen LogP contribution in [0, 0.1) is 5.92 Å². The van der Waals surface area contributed by atoms with Crippen LogP contribution in [-0.2, 0) is 11.3 Å². The van der Waals surface area contributed by atoms with Crippen molar-refractivity contribution in [3.8, 4) is 0 Å². The monoisotopic (exact) mass is 568 g/mol. The number of allylic oxidation sites excluding steroid dienone is 2. The van der Waals surface area contributed by atoms with E-state index in [1.807, 2.05) is 19.9 Å². The maximum atomic E-state index is 12.2. The van der Waals surface area contributed by atoms with Crippen LogP contribution in [0.1, 0.15) is 103 Å². The number of hydrogen-bond acceptors (Lipinski definition) is 2. The van der Waals surface area contributed by atoms with Crippen molar-refractivity contribution in [2.24, 2.45) is 5.92 Å². The number of hydrogen-bond donors (Lipinski definition) is 1. The molecule has 1 aliphatic carbocycles. The summed E-state index contributed by atoms with van der Waals surface area (Å²) in [4.78, 5) is 14.6. The standard InChI is InChI=1S/C20H21N.C17H29NO.C2H6/c1-16(21(2)15-17-8-4-3-5-9-17)19-13-12-18-10-6-7-11-20(18)14-19;1-4-6-8-11-15(5-2)14(3)18-17(19)16-12-9-7-10-13-16;1-2/h3-14,16H,15H2,1-2H3;4-5,14,16H,1,6-13H2,2-3H3,(H,18,19);1-2H3/b;15-5+;. The van der Waals surface area contributed by atoms with Crippen LogP contribution in [-0.4, -0.2) is 23.9 Å². The van der Waals surface area contributed by atoms with Gasteiger partial charge in [-0.3, -0.25) is 9.69 Å². The Bertz CT molecular complexity index is 1210. The lowest BCUT2D eigenvalue weighted by molar-refractivity contribution is -0.126. The van der Waals surface area contributed by atoms with Crippen LogP contribution in [0.2, 0.25) is 0 Å². The largest absolute Gasteiger partial charge is 0.350 e. The van der Waals surface area contributed by atoms with E-state index in [0.717, 1.165) is 38.6 Å². The van der Waals surface area contributed by atoms with Gasteiger partial charge in [-0.2, -0.15) is 0 Å². The van der Waals surface area contributed by atoms with E-state index < -0.39 is 0 Å². The van der Waals surface area contributed by atoms with E-state index in [1.165, 1.54) is 46.7 Å². The first-order valence-corrected chi connectivity index (χ1v) is 16.2. The average Bonchev–Trinajstić information content (AvgIpc) is 3.04. The average molecular weight is 569 g/mol. The van der Waals surface area contributed by atoms with Gasteiger partial charge in [-0.05, 0) is 87.9 Å². The topological polar surface area (TPSA) is 32.3 Å². The van der Waals surface area contributed by atoms with Crippen molar-refractivity contribution in [3.05, 3.63) is 108 Å². The zero-order chi connectivity index (χ0) is 30.7. The third kappa shape index (κ3) is 11.6. The molecule has 0 aliphatic heterocycles. The molecule has 2 atom stereocenters. The first-order chi connectivity index (χ1) is 20.4. The van der Waals surface area contributed by atoms with Crippen molar-refractivity contribution in [1.82, 2.24) is 10.2 Å². The predicted molar refractivity (Wildman–Crippen MR) is 184 cm³/mol. The smallest absolute Gasteiger partial charge is 0.223 e. The third-order valence-corrected chi connectivity index (χ3v) is 8.33. The Hall–Kier alpha value is -3.17. The van der Waals surface area contributed by atoms with Crippen molar-refractivity contribution in [1.29, 1.82) is 0 Å². The van der Waals surface area contributed by atoms with E-state index in [4.69, 9.17) is 0 Å². The highest BCUT2D eigenvalue weighted by Crippen LogP contribution is 2.25. The van der Waals surface area contributed by atoms with E-state index in [-0.39, 0.29) is 17.9 Å². The maximum absolute atomic E-state index is 12.2. The van der Waals surface area contributed by atoms with Gasteiger partial charge < -0.3 is 5.32 Å². The lowest BCUT2D eigenvalue weighted by atomic mass is 9.88. The van der Waals surface area contributed by atoms with E-state index in [2.05, 4.69) is 123 Å². The van der Waals surface area contributed by atoms with Gasteiger partial charge in [0.2, 0.25) is 5.91 Å². The van der Waals surface area contributed by atoms with Gasteiger partial charge >= 0.3 is 0 Å². The Morgan fingerprint density at radius 2 is 1.60 bits per heavy atom. The molecule has 0 saturated heterocycles. The van der Waals surface area contributed by atoms with Crippen LogP contribution in [0.3, 0.4) is 0 Å². The van der Waals surface area contributed by atoms with Crippen molar-refractivity contribution in [2.75, 3.05) is 7.05 Å². The number of benzene rings is 3. The van der Waals surface area contributed by atoms with Crippen molar-refractivity contribution in [2.45, 2.75) is 105 Å². The third-order valence-electron chi connectivity index (χ3n) is 8.33. The number of carbonyl (C=O) groups is 1. The molecule has 0 bridgehead atoms. The molecule has 228 valence electrons. The second-order valence-corrected chi connectivity index (χ2v) is 11.3. The molecule has 0 radical (unpaired) electrons. The number of nitrogens with zero attached hydrogens (tertiary/aromatic N) is 1. The molecular formula is C39H56N2O. The van der Waals surface area contributed by atoms with Gasteiger partial charge in [0.25, 0.3) is 0 Å². The van der Waals surface area contributed by atoms with E-state index >= 15 is 0 Å². The highest BCUT2D eigenvalue weighted by molar-refractivity contribution is 5.83. The van der Waals surface area contributed by atoms with Crippen LogP contribution < -0.4 is 5.32 Å². The molecule has 3 aromatic rings. The Morgan fingerprint density at radius 3 is 2.24 bits per heavy atom. The summed E-state index contributed by atoms with van der Waals surface area (Å²) < 4.78 is 0. The second kappa shape index (κ2) is 19.9. The van der Waals surface area contributed by atoms with Gasteiger partial charge in [-0.15, -0.1) is 6.58 Å². The van der Waals surface area contributed by atoms with E-state index in [0.29, 0.717) is 6.04 Å². The van der Waals surface area contributed by atoms with Crippen LogP contribution in [0.5, 0.6) is 0 Å². The molecular weight excluding hydrogens is 512 g/mol. The van der Waals surface area contributed by atoms with Gasteiger partial charge in [0.15, 0.2) is 0 Å². The molecule has 3 nitrogen and oxygen atoms in total. The van der Waals surface area contributed by atoms with Gasteiger partial charge in [0.05, 0.1) is 0 Å². The molecule has 1 aliphatic rings. The number of fused-ring (bicyclic) bond motifs is 1. The molecule has 1 saturated carbocycles.